The van der Waals surface area contributed by atoms with Gasteiger partial charge < -0.3 is 5.73 Å². The van der Waals surface area contributed by atoms with Crippen molar-refractivity contribution in [3.8, 4) is 0 Å². The van der Waals surface area contributed by atoms with E-state index in [1.165, 1.54) is 17.5 Å². The number of rotatable bonds is 1. The molecule has 2 aliphatic carbocycles. The Morgan fingerprint density at radius 2 is 1.95 bits per heavy atom. The second kappa shape index (κ2) is 4.12. The molecule has 0 spiro atoms. The highest BCUT2D eigenvalue weighted by molar-refractivity contribution is 5.70. The van der Waals surface area contributed by atoms with E-state index in [4.69, 9.17) is 5.73 Å². The molecule has 0 radical (unpaired) electrons. The zero-order valence-corrected chi connectivity index (χ0v) is 11.7. The van der Waals surface area contributed by atoms with Crippen LogP contribution in [0.15, 0.2) is 54.6 Å². The van der Waals surface area contributed by atoms with Gasteiger partial charge in [0.2, 0.25) is 0 Å². The molecular formula is C18H21N. The molecule has 1 saturated carbocycles. The minimum atomic E-state index is 0.254. The van der Waals surface area contributed by atoms with Crippen LogP contribution in [0.4, 0.5) is 0 Å². The van der Waals surface area contributed by atoms with Crippen LogP contribution in [0.25, 0.3) is 5.70 Å². The van der Waals surface area contributed by atoms with Crippen molar-refractivity contribution in [2.24, 2.45) is 11.1 Å². The standard InChI is InChI=1S/C18H21N/c1-3-18-13-17(18,2)12-8-4-5-11-16(19)14-9-6-7-10-15(14)18/h4-12H,3,13,19H2,1-2H3/b5-4-,12-8+,16-11-/t17-,18?/m0/s1. The summed E-state index contributed by atoms with van der Waals surface area (Å²) < 4.78 is 0. The van der Waals surface area contributed by atoms with E-state index in [0.29, 0.717) is 0 Å². The fraction of sp³-hybridized carbons (Fsp3) is 0.333. The Hall–Kier alpha value is -1.76. The van der Waals surface area contributed by atoms with E-state index in [1.54, 1.807) is 0 Å². The van der Waals surface area contributed by atoms with Crippen LogP contribution < -0.4 is 5.73 Å². The summed E-state index contributed by atoms with van der Waals surface area (Å²) in [4.78, 5) is 0. The summed E-state index contributed by atoms with van der Waals surface area (Å²) in [5.74, 6) is 0. The minimum Gasteiger partial charge on any atom is -0.398 e. The van der Waals surface area contributed by atoms with Gasteiger partial charge in [-0.15, -0.1) is 0 Å². The monoisotopic (exact) mass is 251 g/mol. The van der Waals surface area contributed by atoms with Gasteiger partial charge >= 0.3 is 0 Å². The van der Waals surface area contributed by atoms with Crippen molar-refractivity contribution in [3.05, 3.63) is 65.8 Å². The Morgan fingerprint density at radius 3 is 2.74 bits per heavy atom. The second-order valence-corrected chi connectivity index (χ2v) is 5.94. The molecule has 0 saturated heterocycles. The van der Waals surface area contributed by atoms with Gasteiger partial charge in [0.15, 0.2) is 0 Å². The fourth-order valence-corrected chi connectivity index (χ4v) is 3.66. The van der Waals surface area contributed by atoms with E-state index in [1.807, 2.05) is 12.2 Å². The predicted octanol–water partition coefficient (Wildman–Crippen LogP) is 4.17. The van der Waals surface area contributed by atoms with Gasteiger partial charge in [-0.1, -0.05) is 62.4 Å². The quantitative estimate of drug-likeness (QED) is 0.796. The van der Waals surface area contributed by atoms with Gasteiger partial charge in [0.05, 0.1) is 0 Å². The summed E-state index contributed by atoms with van der Waals surface area (Å²) in [7, 11) is 0. The number of fused-ring (bicyclic) bond motifs is 3. The van der Waals surface area contributed by atoms with E-state index >= 15 is 0 Å². The first-order valence-corrected chi connectivity index (χ1v) is 7.04. The van der Waals surface area contributed by atoms with Gasteiger partial charge in [0, 0.05) is 16.7 Å². The number of hydrogen-bond donors (Lipinski definition) is 1. The molecule has 1 unspecified atom stereocenters. The van der Waals surface area contributed by atoms with Crippen LogP contribution in [0.2, 0.25) is 0 Å². The molecule has 2 atom stereocenters. The first-order valence-electron chi connectivity index (χ1n) is 7.04. The molecule has 1 aromatic rings. The summed E-state index contributed by atoms with van der Waals surface area (Å²) >= 11 is 0. The van der Waals surface area contributed by atoms with Crippen LogP contribution in [0.3, 0.4) is 0 Å². The molecule has 0 heterocycles. The summed E-state index contributed by atoms with van der Waals surface area (Å²) in [5, 5.41) is 0. The van der Waals surface area contributed by atoms with Gasteiger partial charge in [-0.25, -0.2) is 0 Å². The third-order valence-electron chi connectivity index (χ3n) is 4.96. The SMILES string of the molecule is CCC12C[C@]1(C)/C=C/C=C\C=C(/N)c1ccccc12. The number of hydrogen-bond acceptors (Lipinski definition) is 1. The van der Waals surface area contributed by atoms with Crippen LogP contribution >= 0.6 is 0 Å². The second-order valence-electron chi connectivity index (χ2n) is 5.94. The van der Waals surface area contributed by atoms with Gasteiger partial charge in [0.1, 0.15) is 0 Å². The van der Waals surface area contributed by atoms with Gasteiger partial charge in [-0.3, -0.25) is 0 Å². The molecule has 1 fully saturated rings. The van der Waals surface area contributed by atoms with E-state index in [9.17, 15) is 0 Å². The Labute approximate surface area is 115 Å². The lowest BCUT2D eigenvalue weighted by molar-refractivity contribution is 0.527. The van der Waals surface area contributed by atoms with Crippen LogP contribution in [0, 0.1) is 5.41 Å². The van der Waals surface area contributed by atoms with Crippen molar-refractivity contribution >= 4 is 5.70 Å². The normalized spacial score (nSPS) is 38.3. The first-order chi connectivity index (χ1) is 9.13. The summed E-state index contributed by atoms with van der Waals surface area (Å²) in [6, 6.07) is 8.61. The predicted molar refractivity (Wildman–Crippen MR) is 81.6 cm³/mol. The summed E-state index contributed by atoms with van der Waals surface area (Å²) in [6.45, 7) is 4.65. The van der Waals surface area contributed by atoms with Crippen molar-refractivity contribution in [2.75, 3.05) is 0 Å². The highest BCUT2D eigenvalue weighted by atomic mass is 14.7. The van der Waals surface area contributed by atoms with Crippen LogP contribution in [0.5, 0.6) is 0 Å². The maximum absolute atomic E-state index is 6.26. The molecule has 0 amide bonds. The molecular weight excluding hydrogens is 230 g/mol. The number of nitrogens with two attached hydrogens (primary N) is 1. The van der Waals surface area contributed by atoms with E-state index in [0.717, 1.165) is 12.1 Å². The number of benzene rings is 1. The largest absolute Gasteiger partial charge is 0.398 e. The van der Waals surface area contributed by atoms with Gasteiger partial charge in [-0.05, 0) is 29.9 Å². The Kier molecular flexibility index (Phi) is 2.67. The Balaban J connectivity index is 2.24. The zero-order valence-electron chi connectivity index (χ0n) is 11.7. The van der Waals surface area contributed by atoms with Gasteiger partial charge in [-0.2, -0.15) is 0 Å². The van der Waals surface area contributed by atoms with E-state index < -0.39 is 0 Å². The zero-order chi connectivity index (χ0) is 13.5. The third kappa shape index (κ3) is 1.68. The smallest absolute Gasteiger partial charge is 0.0390 e. The molecule has 2 N–H and O–H groups in total. The molecule has 3 rings (SSSR count). The molecule has 1 aromatic carbocycles. The molecule has 19 heavy (non-hydrogen) atoms. The van der Waals surface area contributed by atoms with Crippen molar-refractivity contribution in [3.63, 3.8) is 0 Å². The molecule has 0 aromatic heterocycles. The van der Waals surface area contributed by atoms with Crippen LogP contribution in [0.1, 0.15) is 37.8 Å². The molecule has 1 heteroatoms. The number of allylic oxidation sites excluding steroid dienone is 5. The minimum absolute atomic E-state index is 0.254. The van der Waals surface area contributed by atoms with Crippen molar-refractivity contribution in [1.82, 2.24) is 0 Å². The Bertz CT molecular complexity index is 593. The third-order valence-corrected chi connectivity index (χ3v) is 4.96. The summed E-state index contributed by atoms with van der Waals surface area (Å²) in [6.07, 6.45) is 13.0. The molecule has 1 nitrogen and oxygen atoms in total. The lowest BCUT2D eigenvalue weighted by Gasteiger charge is -2.23. The fourth-order valence-electron chi connectivity index (χ4n) is 3.66. The van der Waals surface area contributed by atoms with Gasteiger partial charge in [0.25, 0.3) is 0 Å². The first kappa shape index (κ1) is 12.3. The topological polar surface area (TPSA) is 26.0 Å². The molecule has 98 valence electrons. The maximum Gasteiger partial charge on any atom is 0.0390 e. The molecule has 2 aliphatic rings. The molecule has 0 bridgehead atoms. The van der Waals surface area contributed by atoms with Crippen molar-refractivity contribution in [1.29, 1.82) is 0 Å². The van der Waals surface area contributed by atoms with Crippen molar-refractivity contribution in [2.45, 2.75) is 32.1 Å². The van der Waals surface area contributed by atoms with E-state index in [-0.39, 0.29) is 10.8 Å². The lowest BCUT2D eigenvalue weighted by Crippen LogP contribution is -2.17. The maximum atomic E-state index is 6.26. The van der Waals surface area contributed by atoms with Crippen LogP contribution in [-0.4, -0.2) is 0 Å². The van der Waals surface area contributed by atoms with E-state index in [2.05, 4.69) is 56.3 Å². The van der Waals surface area contributed by atoms with Crippen molar-refractivity contribution < 1.29 is 0 Å². The average Bonchev–Trinajstić information content (AvgIpc) is 3.04. The highest BCUT2D eigenvalue weighted by Crippen LogP contribution is 2.68. The highest BCUT2D eigenvalue weighted by Gasteiger charge is 2.62. The Morgan fingerprint density at radius 1 is 1.16 bits per heavy atom. The van der Waals surface area contributed by atoms with Crippen LogP contribution in [-0.2, 0) is 5.41 Å². The average molecular weight is 251 g/mol. The molecule has 0 aliphatic heterocycles. The summed E-state index contributed by atoms with van der Waals surface area (Å²) in [5.41, 5.74) is 10.3. The lowest BCUT2D eigenvalue weighted by atomic mass is 9.81.